The minimum absolute atomic E-state index is 0.0102. The van der Waals surface area contributed by atoms with Gasteiger partial charge in [0.05, 0.1) is 19.6 Å². The molecular formula is C36H34N4O9P+. The molecular weight excluding hydrogens is 663 g/mol. The Kier molecular flexibility index (Phi) is 10.4. The maximum atomic E-state index is 13.3. The molecule has 256 valence electrons. The summed E-state index contributed by atoms with van der Waals surface area (Å²) in [5.41, 5.74) is 0.242. The molecule has 0 spiro atoms. The molecule has 1 aliphatic heterocycles. The zero-order valence-electron chi connectivity index (χ0n) is 27.0. The van der Waals surface area contributed by atoms with E-state index in [0.717, 1.165) is 0 Å². The number of aliphatic hydroxyl groups excluding tert-OH is 1. The third kappa shape index (κ3) is 6.90. The largest absolute Gasteiger partial charge is 0.695 e. The zero-order chi connectivity index (χ0) is 35.3. The van der Waals surface area contributed by atoms with E-state index in [9.17, 15) is 24.2 Å². The molecule has 0 bridgehead atoms. The zero-order valence-corrected chi connectivity index (χ0v) is 27.9. The van der Waals surface area contributed by atoms with Crippen LogP contribution >= 0.6 is 8.25 Å². The Bertz CT molecular complexity index is 1950. The average Bonchev–Trinajstić information content (AvgIpc) is 3.55. The number of amides is 1. The minimum atomic E-state index is -3.14. The molecule has 50 heavy (non-hydrogen) atoms. The highest BCUT2D eigenvalue weighted by Crippen LogP contribution is 2.48. The maximum Gasteiger partial charge on any atom is 0.695 e. The molecule has 2 unspecified atom stereocenters. The van der Waals surface area contributed by atoms with Crippen molar-refractivity contribution in [3.63, 3.8) is 0 Å². The van der Waals surface area contributed by atoms with E-state index in [-0.39, 0.29) is 12.2 Å². The van der Waals surface area contributed by atoms with Gasteiger partial charge in [-0.1, -0.05) is 54.6 Å². The van der Waals surface area contributed by atoms with Crippen LogP contribution < -0.4 is 20.5 Å². The molecule has 5 aromatic rings. The van der Waals surface area contributed by atoms with Crippen molar-refractivity contribution in [2.24, 2.45) is 0 Å². The second-order valence-corrected chi connectivity index (χ2v) is 12.1. The van der Waals surface area contributed by atoms with Crippen LogP contribution in [0.15, 0.2) is 120 Å². The van der Waals surface area contributed by atoms with Gasteiger partial charge in [0, 0.05) is 35.1 Å². The summed E-state index contributed by atoms with van der Waals surface area (Å²) in [5, 5.41) is 15.3. The average molecular weight is 698 g/mol. The van der Waals surface area contributed by atoms with Crippen molar-refractivity contribution < 1.29 is 38.1 Å². The van der Waals surface area contributed by atoms with E-state index < -0.39 is 49.8 Å². The van der Waals surface area contributed by atoms with Gasteiger partial charge < -0.3 is 24.6 Å². The number of pyridine rings is 1. The molecule has 3 aromatic carbocycles. The predicted molar refractivity (Wildman–Crippen MR) is 182 cm³/mol. The summed E-state index contributed by atoms with van der Waals surface area (Å²) in [7, 11) is -0.0246. The van der Waals surface area contributed by atoms with E-state index in [4.69, 9.17) is 18.7 Å². The normalized spacial score (nSPS) is 18.2. The van der Waals surface area contributed by atoms with Gasteiger partial charge in [-0.3, -0.25) is 14.3 Å². The van der Waals surface area contributed by atoms with E-state index in [1.807, 2.05) is 54.6 Å². The number of aliphatic hydroxyl groups is 1. The first-order chi connectivity index (χ1) is 24.2. The van der Waals surface area contributed by atoms with Gasteiger partial charge in [0.1, 0.15) is 41.9 Å². The summed E-state index contributed by atoms with van der Waals surface area (Å²) in [5.74, 6) is 0.730. The molecule has 6 rings (SSSR count). The third-order valence-corrected chi connectivity index (χ3v) is 9.19. The van der Waals surface area contributed by atoms with Gasteiger partial charge in [-0.25, -0.2) is 4.79 Å². The molecule has 1 amide bonds. The summed E-state index contributed by atoms with van der Waals surface area (Å²) in [6.07, 6.45) is -0.643. The Hall–Kier alpha value is -5.30. The second kappa shape index (κ2) is 15.1. The van der Waals surface area contributed by atoms with Crippen molar-refractivity contribution in [1.29, 1.82) is 0 Å². The first-order valence-electron chi connectivity index (χ1n) is 15.6. The van der Waals surface area contributed by atoms with Crippen molar-refractivity contribution >= 4 is 20.0 Å². The van der Waals surface area contributed by atoms with E-state index in [2.05, 4.69) is 15.3 Å². The molecule has 0 radical (unpaired) electrons. The lowest BCUT2D eigenvalue weighted by molar-refractivity contribution is -0.0942. The topological polar surface area (TPSA) is 171 Å². The summed E-state index contributed by atoms with van der Waals surface area (Å²) in [6, 6.07) is 28.2. The fourth-order valence-electron chi connectivity index (χ4n) is 6.39. The van der Waals surface area contributed by atoms with Crippen LogP contribution in [0.25, 0.3) is 0 Å². The van der Waals surface area contributed by atoms with Crippen molar-refractivity contribution in [2.75, 3.05) is 19.5 Å². The second-order valence-electron chi connectivity index (χ2n) is 11.4. The molecule has 2 aromatic heterocycles. The molecule has 1 aliphatic rings. The molecule has 3 heterocycles. The van der Waals surface area contributed by atoms with Crippen LogP contribution in [0.4, 0.5) is 5.82 Å². The molecule has 1 fully saturated rings. The Morgan fingerprint density at radius 3 is 2.04 bits per heavy atom. The van der Waals surface area contributed by atoms with Crippen molar-refractivity contribution in [1.82, 2.24) is 14.5 Å². The number of rotatable bonds is 12. The smallest absolute Gasteiger partial charge is 0.497 e. The quantitative estimate of drug-likeness (QED) is 0.123. The summed E-state index contributed by atoms with van der Waals surface area (Å²) in [4.78, 5) is 43.7. The molecule has 3 N–H and O–H groups in total. The molecule has 5 atom stereocenters. The first kappa shape index (κ1) is 34.6. The van der Waals surface area contributed by atoms with Crippen molar-refractivity contribution in [3.05, 3.63) is 148 Å². The van der Waals surface area contributed by atoms with Crippen molar-refractivity contribution in [2.45, 2.75) is 36.4 Å². The summed E-state index contributed by atoms with van der Waals surface area (Å²) < 4.78 is 36.1. The lowest BCUT2D eigenvalue weighted by Gasteiger charge is -2.42. The van der Waals surface area contributed by atoms with Crippen molar-refractivity contribution in [3.8, 4) is 11.5 Å². The van der Waals surface area contributed by atoms with Gasteiger partial charge in [-0.2, -0.15) is 4.98 Å². The SMILES string of the molecule is COc1ccc(C(c2ccccc2)(c2ccc(OC)cc2)C(O)[C@H]2O[C@@H](n3ccc(NC(=O)c4ccncc4)nc3=O)C[C@@H]2O[P+](=O)O)cc1. The number of ether oxygens (including phenoxy) is 3. The Labute approximate surface area is 288 Å². The van der Waals surface area contributed by atoms with Crippen LogP contribution in [0, 0.1) is 0 Å². The summed E-state index contributed by atoms with van der Waals surface area (Å²) >= 11 is 0. The van der Waals surface area contributed by atoms with Crippen LogP contribution in [-0.4, -0.2) is 63.0 Å². The highest BCUT2D eigenvalue weighted by molar-refractivity contribution is 7.32. The van der Waals surface area contributed by atoms with Gasteiger partial charge in [-0.05, 0) is 59.2 Å². The molecule has 0 aliphatic carbocycles. The Morgan fingerprint density at radius 1 is 0.920 bits per heavy atom. The van der Waals surface area contributed by atoms with Gasteiger partial charge in [0.2, 0.25) is 0 Å². The molecule has 0 saturated carbocycles. The molecule has 14 heteroatoms. The monoisotopic (exact) mass is 697 g/mol. The lowest BCUT2D eigenvalue weighted by atomic mass is 9.64. The number of methoxy groups -OCH3 is 2. The number of aromatic nitrogens is 3. The van der Waals surface area contributed by atoms with Crippen LogP contribution in [0.5, 0.6) is 11.5 Å². The fraction of sp³-hybridized carbons (Fsp3) is 0.222. The first-order valence-corrected chi connectivity index (χ1v) is 16.7. The number of hydrogen-bond donors (Lipinski definition) is 3. The molecule has 1 saturated heterocycles. The predicted octanol–water partition coefficient (Wildman–Crippen LogP) is 4.63. The number of nitrogens with one attached hydrogen (secondary N) is 1. The third-order valence-electron chi connectivity index (χ3n) is 8.74. The van der Waals surface area contributed by atoms with Gasteiger partial charge in [0.25, 0.3) is 5.91 Å². The minimum Gasteiger partial charge on any atom is -0.497 e. The van der Waals surface area contributed by atoms with E-state index in [1.54, 1.807) is 38.5 Å². The van der Waals surface area contributed by atoms with Crippen LogP contribution in [-0.2, 0) is 19.2 Å². The number of nitrogens with zero attached hydrogens (tertiary/aromatic N) is 3. The van der Waals surface area contributed by atoms with Crippen LogP contribution in [0.1, 0.15) is 39.7 Å². The Morgan fingerprint density at radius 2 is 1.50 bits per heavy atom. The van der Waals surface area contributed by atoms with Gasteiger partial charge in [-0.15, -0.1) is 9.42 Å². The number of hydrogen-bond acceptors (Lipinski definition) is 10. The van der Waals surface area contributed by atoms with E-state index >= 15 is 0 Å². The molecule has 13 nitrogen and oxygen atoms in total. The fourth-order valence-corrected chi connectivity index (χ4v) is 6.83. The van der Waals surface area contributed by atoms with E-state index in [0.29, 0.717) is 33.8 Å². The highest BCUT2D eigenvalue weighted by Gasteiger charge is 2.55. The Balaban J connectivity index is 1.42. The van der Waals surface area contributed by atoms with Gasteiger partial charge in [0.15, 0.2) is 0 Å². The number of carbonyl (C=O) groups excluding carboxylic acids is 1. The summed E-state index contributed by atoms with van der Waals surface area (Å²) in [6.45, 7) is 0. The number of anilines is 1. The van der Waals surface area contributed by atoms with Crippen LogP contribution in [0.3, 0.4) is 0 Å². The van der Waals surface area contributed by atoms with Crippen LogP contribution in [0.2, 0.25) is 0 Å². The maximum absolute atomic E-state index is 13.3. The standard InChI is InChI=1S/C36H33N4O9P/c1-46-27-12-8-25(9-13-27)36(24-6-4-3-5-7-24,26-10-14-28(47-2)15-11-26)33(41)32-29(49-50(44)45)22-31(48-32)40-21-18-30(39-35(40)43)38-34(42)23-16-19-37-20-17-23/h3-21,29,31-33,41H,22H2,1-2H3,(H-,38,39,42,43,44,45)/p+1/t29-,31+,32-,33?/m0/s1. The van der Waals surface area contributed by atoms with Gasteiger partial charge >= 0.3 is 13.9 Å². The lowest BCUT2D eigenvalue weighted by Crippen LogP contribution is -2.51. The number of benzene rings is 3. The number of carbonyl (C=O) groups is 1. The van der Waals surface area contributed by atoms with E-state index in [1.165, 1.54) is 41.4 Å². The highest BCUT2D eigenvalue weighted by atomic mass is 31.1.